The van der Waals surface area contributed by atoms with Gasteiger partial charge in [-0.2, -0.15) is 0 Å². The van der Waals surface area contributed by atoms with Crippen molar-refractivity contribution in [3.05, 3.63) is 0 Å². The third-order valence-corrected chi connectivity index (χ3v) is 2.75. The Hall–Kier alpha value is -0.0800. The van der Waals surface area contributed by atoms with E-state index in [2.05, 4.69) is 19.2 Å². The normalized spacial score (nSPS) is 29.5. The smallest absolute Gasteiger partial charge is 0.0618 e. The highest BCUT2D eigenvalue weighted by atomic mass is 16.5. The molecule has 0 aromatic heterocycles. The molecule has 78 valence electrons. The molecule has 0 radical (unpaired) electrons. The van der Waals surface area contributed by atoms with Crippen molar-refractivity contribution in [3.63, 3.8) is 0 Å². The molecular weight excluding hydrogens is 162 g/mol. The molecule has 0 bridgehead atoms. The molecule has 0 amide bonds. The molecule has 2 unspecified atom stereocenters. The first-order valence-corrected chi connectivity index (χ1v) is 5.54. The molecular formula is C11H23NO. The van der Waals surface area contributed by atoms with E-state index in [4.69, 9.17) is 4.74 Å². The van der Waals surface area contributed by atoms with Crippen LogP contribution in [0.4, 0.5) is 0 Å². The van der Waals surface area contributed by atoms with Crippen molar-refractivity contribution < 1.29 is 4.74 Å². The van der Waals surface area contributed by atoms with Crippen molar-refractivity contribution in [2.24, 2.45) is 5.92 Å². The summed E-state index contributed by atoms with van der Waals surface area (Å²) in [5, 5.41) is 3.26. The average Bonchev–Trinajstić information content (AvgIpc) is 2.08. The van der Waals surface area contributed by atoms with Gasteiger partial charge in [0, 0.05) is 6.54 Å². The number of nitrogens with one attached hydrogen (secondary N) is 1. The molecule has 0 aromatic carbocycles. The highest BCUT2D eigenvalue weighted by Crippen LogP contribution is 2.27. The highest BCUT2D eigenvalue weighted by molar-refractivity contribution is 4.77. The van der Waals surface area contributed by atoms with E-state index in [1.54, 1.807) is 0 Å². The van der Waals surface area contributed by atoms with Crippen molar-refractivity contribution in [3.8, 4) is 0 Å². The van der Waals surface area contributed by atoms with Crippen LogP contribution in [0.3, 0.4) is 0 Å². The van der Waals surface area contributed by atoms with Crippen molar-refractivity contribution in [2.75, 3.05) is 13.6 Å². The molecule has 1 N–H and O–H groups in total. The van der Waals surface area contributed by atoms with E-state index in [-0.39, 0.29) is 0 Å². The second kappa shape index (κ2) is 5.61. The number of rotatable bonds is 4. The van der Waals surface area contributed by atoms with E-state index in [1.807, 2.05) is 7.05 Å². The van der Waals surface area contributed by atoms with Crippen molar-refractivity contribution in [2.45, 2.75) is 51.7 Å². The fraction of sp³-hybridized carbons (Fsp3) is 1.00. The van der Waals surface area contributed by atoms with Crippen molar-refractivity contribution in [1.82, 2.24) is 5.32 Å². The van der Waals surface area contributed by atoms with Gasteiger partial charge < -0.3 is 10.1 Å². The van der Waals surface area contributed by atoms with Gasteiger partial charge in [-0.1, -0.05) is 12.8 Å². The summed E-state index contributed by atoms with van der Waals surface area (Å²) >= 11 is 0. The Kier molecular flexibility index (Phi) is 4.74. The molecule has 1 saturated carbocycles. The van der Waals surface area contributed by atoms with E-state index in [0.717, 1.165) is 12.5 Å². The van der Waals surface area contributed by atoms with Gasteiger partial charge in [0.05, 0.1) is 12.2 Å². The van der Waals surface area contributed by atoms with Gasteiger partial charge in [-0.3, -0.25) is 0 Å². The van der Waals surface area contributed by atoms with Crippen molar-refractivity contribution >= 4 is 0 Å². The monoisotopic (exact) mass is 185 g/mol. The van der Waals surface area contributed by atoms with Gasteiger partial charge in [0.1, 0.15) is 0 Å². The predicted octanol–water partition coefficient (Wildman–Crippen LogP) is 2.19. The largest absolute Gasteiger partial charge is 0.375 e. The standard InChI is InChI=1S/C11H23NO/c1-9(2)13-11-7-5-4-6-10(11)8-12-3/h9-12H,4-8H2,1-3H3. The summed E-state index contributed by atoms with van der Waals surface area (Å²) in [6.07, 6.45) is 6.19. The second-order valence-corrected chi connectivity index (χ2v) is 4.33. The molecule has 0 heterocycles. The fourth-order valence-corrected chi connectivity index (χ4v) is 2.20. The van der Waals surface area contributed by atoms with E-state index in [1.165, 1.54) is 25.7 Å². The van der Waals surface area contributed by atoms with Crippen LogP contribution in [0.5, 0.6) is 0 Å². The molecule has 1 rings (SSSR count). The minimum absolute atomic E-state index is 0.377. The molecule has 0 aromatic rings. The SMILES string of the molecule is CNCC1CCCCC1OC(C)C. The Balaban J connectivity index is 2.36. The van der Waals surface area contributed by atoms with E-state index in [0.29, 0.717) is 12.2 Å². The van der Waals surface area contributed by atoms with E-state index in [9.17, 15) is 0 Å². The Labute approximate surface area is 82.0 Å². The lowest BCUT2D eigenvalue weighted by atomic mass is 9.86. The summed E-state index contributed by atoms with van der Waals surface area (Å²) in [5.74, 6) is 0.737. The van der Waals surface area contributed by atoms with Gasteiger partial charge in [-0.25, -0.2) is 0 Å². The van der Waals surface area contributed by atoms with Crippen LogP contribution in [0.1, 0.15) is 39.5 Å². The van der Waals surface area contributed by atoms with Gasteiger partial charge >= 0.3 is 0 Å². The molecule has 1 aliphatic carbocycles. The van der Waals surface area contributed by atoms with E-state index >= 15 is 0 Å². The zero-order valence-electron chi connectivity index (χ0n) is 9.18. The summed E-state index contributed by atoms with van der Waals surface area (Å²) in [6, 6.07) is 0. The maximum absolute atomic E-state index is 5.92. The number of hydrogen-bond acceptors (Lipinski definition) is 2. The molecule has 1 fully saturated rings. The van der Waals surface area contributed by atoms with E-state index < -0.39 is 0 Å². The Morgan fingerprint density at radius 1 is 1.31 bits per heavy atom. The average molecular weight is 185 g/mol. The third kappa shape index (κ3) is 3.65. The quantitative estimate of drug-likeness (QED) is 0.725. The molecule has 0 aliphatic heterocycles. The van der Waals surface area contributed by atoms with Gasteiger partial charge in [-0.15, -0.1) is 0 Å². The lowest BCUT2D eigenvalue weighted by Crippen LogP contribution is -2.35. The first kappa shape index (κ1) is 11.0. The Morgan fingerprint density at radius 2 is 2.00 bits per heavy atom. The molecule has 2 atom stereocenters. The maximum atomic E-state index is 5.92. The molecule has 0 saturated heterocycles. The van der Waals surface area contributed by atoms with Gasteiger partial charge in [0.15, 0.2) is 0 Å². The second-order valence-electron chi connectivity index (χ2n) is 4.33. The van der Waals surface area contributed by atoms with Gasteiger partial charge in [0.25, 0.3) is 0 Å². The van der Waals surface area contributed by atoms with Crippen LogP contribution in [0.2, 0.25) is 0 Å². The lowest BCUT2D eigenvalue weighted by molar-refractivity contribution is -0.0439. The minimum atomic E-state index is 0.377. The maximum Gasteiger partial charge on any atom is 0.0618 e. The number of ether oxygens (including phenoxy) is 1. The summed E-state index contributed by atoms with van der Waals surface area (Å²) in [7, 11) is 2.03. The minimum Gasteiger partial charge on any atom is -0.375 e. The first-order chi connectivity index (χ1) is 6.24. The topological polar surface area (TPSA) is 21.3 Å². The molecule has 13 heavy (non-hydrogen) atoms. The fourth-order valence-electron chi connectivity index (χ4n) is 2.20. The van der Waals surface area contributed by atoms with Gasteiger partial charge in [0.2, 0.25) is 0 Å². The van der Waals surface area contributed by atoms with Crippen LogP contribution >= 0.6 is 0 Å². The lowest BCUT2D eigenvalue weighted by Gasteiger charge is -2.32. The van der Waals surface area contributed by atoms with Crippen LogP contribution in [0.15, 0.2) is 0 Å². The summed E-state index contributed by atoms with van der Waals surface area (Å²) in [4.78, 5) is 0. The summed E-state index contributed by atoms with van der Waals surface area (Å²) < 4.78 is 5.92. The third-order valence-electron chi connectivity index (χ3n) is 2.75. The molecule has 0 spiro atoms. The Bertz CT molecular complexity index is 134. The molecule has 1 aliphatic rings. The van der Waals surface area contributed by atoms with Gasteiger partial charge in [-0.05, 0) is 39.7 Å². The first-order valence-electron chi connectivity index (χ1n) is 5.54. The molecule has 2 heteroatoms. The summed E-state index contributed by atoms with van der Waals surface area (Å²) in [5.41, 5.74) is 0. The number of hydrogen-bond donors (Lipinski definition) is 1. The van der Waals surface area contributed by atoms with Crippen LogP contribution in [-0.2, 0) is 4.74 Å². The van der Waals surface area contributed by atoms with Crippen LogP contribution < -0.4 is 5.32 Å². The zero-order chi connectivity index (χ0) is 9.68. The van der Waals surface area contributed by atoms with Crippen LogP contribution in [0.25, 0.3) is 0 Å². The van der Waals surface area contributed by atoms with Crippen LogP contribution in [0, 0.1) is 5.92 Å². The summed E-state index contributed by atoms with van der Waals surface area (Å²) in [6.45, 7) is 5.37. The predicted molar refractivity (Wildman–Crippen MR) is 55.9 cm³/mol. The van der Waals surface area contributed by atoms with Crippen LogP contribution in [-0.4, -0.2) is 25.8 Å². The van der Waals surface area contributed by atoms with Crippen molar-refractivity contribution in [1.29, 1.82) is 0 Å². The Morgan fingerprint density at radius 3 is 2.62 bits per heavy atom. The molecule has 2 nitrogen and oxygen atoms in total. The zero-order valence-corrected chi connectivity index (χ0v) is 9.18. The highest BCUT2D eigenvalue weighted by Gasteiger charge is 2.25.